The van der Waals surface area contributed by atoms with Crippen molar-refractivity contribution >= 4 is 17.5 Å². The van der Waals surface area contributed by atoms with E-state index in [4.69, 9.17) is 9.47 Å². The molecular formula is C17H17N3O6. The molecule has 0 aliphatic rings. The lowest BCUT2D eigenvalue weighted by Gasteiger charge is -2.12. The number of hydrazine groups is 1. The first-order chi connectivity index (χ1) is 12.5. The van der Waals surface area contributed by atoms with Gasteiger partial charge in [0.2, 0.25) is 0 Å². The van der Waals surface area contributed by atoms with Gasteiger partial charge in [-0.2, -0.15) is 0 Å². The van der Waals surface area contributed by atoms with Crippen LogP contribution in [0.4, 0.5) is 5.69 Å². The van der Waals surface area contributed by atoms with Gasteiger partial charge in [-0.25, -0.2) is 0 Å². The van der Waals surface area contributed by atoms with E-state index in [2.05, 4.69) is 10.9 Å². The van der Waals surface area contributed by atoms with Gasteiger partial charge >= 0.3 is 0 Å². The summed E-state index contributed by atoms with van der Waals surface area (Å²) >= 11 is 0. The number of nitro groups is 1. The topological polar surface area (TPSA) is 120 Å². The second-order valence-electron chi connectivity index (χ2n) is 4.98. The predicted octanol–water partition coefficient (Wildman–Crippen LogP) is 2.08. The van der Waals surface area contributed by atoms with E-state index in [-0.39, 0.29) is 23.7 Å². The number of nitro benzene ring substituents is 1. The van der Waals surface area contributed by atoms with Crippen molar-refractivity contribution in [1.82, 2.24) is 10.9 Å². The minimum atomic E-state index is -0.857. The second kappa shape index (κ2) is 8.47. The molecule has 0 heterocycles. The number of nitrogens with zero attached hydrogens (tertiary/aromatic N) is 1. The van der Waals surface area contributed by atoms with Crippen molar-refractivity contribution in [2.45, 2.75) is 6.92 Å². The Labute approximate surface area is 149 Å². The third kappa shape index (κ3) is 4.26. The quantitative estimate of drug-likeness (QED) is 0.602. The number of amides is 2. The van der Waals surface area contributed by atoms with Crippen molar-refractivity contribution in [1.29, 1.82) is 0 Å². The summed E-state index contributed by atoms with van der Waals surface area (Å²) in [6.45, 7) is 2.00. The first-order valence-electron chi connectivity index (χ1n) is 7.62. The minimum absolute atomic E-state index is 0.128. The average Bonchev–Trinajstić information content (AvgIpc) is 2.66. The molecular weight excluding hydrogens is 342 g/mol. The van der Waals surface area contributed by atoms with Crippen LogP contribution in [0.3, 0.4) is 0 Å². The molecule has 2 N–H and O–H groups in total. The first kappa shape index (κ1) is 18.7. The number of ether oxygens (including phenoxy) is 2. The van der Waals surface area contributed by atoms with Gasteiger partial charge in [0.05, 0.1) is 24.7 Å². The van der Waals surface area contributed by atoms with E-state index in [0.29, 0.717) is 5.56 Å². The van der Waals surface area contributed by atoms with E-state index in [0.717, 1.165) is 6.07 Å². The Balaban J connectivity index is 2.25. The van der Waals surface area contributed by atoms with Gasteiger partial charge in [0.25, 0.3) is 17.5 Å². The van der Waals surface area contributed by atoms with Crippen LogP contribution >= 0.6 is 0 Å². The molecule has 0 saturated carbocycles. The predicted molar refractivity (Wildman–Crippen MR) is 92.2 cm³/mol. The van der Waals surface area contributed by atoms with Crippen LogP contribution in [-0.2, 0) is 0 Å². The fourth-order valence-electron chi connectivity index (χ4n) is 2.15. The fourth-order valence-corrected chi connectivity index (χ4v) is 2.15. The maximum absolute atomic E-state index is 12.3. The third-order valence-corrected chi connectivity index (χ3v) is 3.35. The van der Waals surface area contributed by atoms with Gasteiger partial charge < -0.3 is 9.47 Å². The maximum Gasteiger partial charge on any atom is 0.286 e. The molecule has 0 radical (unpaired) electrons. The molecule has 0 saturated heterocycles. The summed E-state index contributed by atoms with van der Waals surface area (Å²) in [6.07, 6.45) is 0. The highest BCUT2D eigenvalue weighted by Crippen LogP contribution is 2.34. The van der Waals surface area contributed by atoms with Crippen LogP contribution < -0.4 is 20.3 Å². The second-order valence-corrected chi connectivity index (χ2v) is 4.98. The summed E-state index contributed by atoms with van der Waals surface area (Å²) < 4.78 is 10.4. The molecule has 2 rings (SSSR count). The number of carbonyl (C=O) groups excluding carboxylic acids is 2. The molecule has 136 valence electrons. The molecule has 26 heavy (non-hydrogen) atoms. The molecule has 0 spiro atoms. The van der Waals surface area contributed by atoms with Crippen molar-refractivity contribution in [3.8, 4) is 11.5 Å². The SMILES string of the molecule is CCOc1cc(C(=O)NNC(=O)c2ccccc2)c([N+](=O)[O-])cc1OC. The zero-order chi connectivity index (χ0) is 19.1. The lowest BCUT2D eigenvalue weighted by Crippen LogP contribution is -2.41. The zero-order valence-electron chi connectivity index (χ0n) is 14.1. The summed E-state index contributed by atoms with van der Waals surface area (Å²) in [4.78, 5) is 34.8. The molecule has 2 aromatic rings. The van der Waals surface area contributed by atoms with Crippen LogP contribution in [0.25, 0.3) is 0 Å². The standard InChI is InChI=1S/C17H17N3O6/c1-3-26-15-9-12(13(20(23)24)10-14(15)25-2)17(22)19-18-16(21)11-7-5-4-6-8-11/h4-10H,3H2,1-2H3,(H,18,21)(H,19,22). The zero-order valence-corrected chi connectivity index (χ0v) is 14.1. The Morgan fingerprint density at radius 3 is 2.31 bits per heavy atom. The van der Waals surface area contributed by atoms with Gasteiger partial charge in [-0.15, -0.1) is 0 Å². The number of rotatable bonds is 6. The summed E-state index contributed by atoms with van der Waals surface area (Å²) in [5, 5.41) is 11.3. The highest BCUT2D eigenvalue weighted by molar-refractivity contribution is 6.01. The van der Waals surface area contributed by atoms with E-state index < -0.39 is 22.4 Å². The van der Waals surface area contributed by atoms with E-state index in [1.54, 1.807) is 37.3 Å². The molecule has 2 aromatic carbocycles. The van der Waals surface area contributed by atoms with E-state index in [9.17, 15) is 19.7 Å². The lowest BCUT2D eigenvalue weighted by atomic mass is 10.1. The van der Waals surface area contributed by atoms with Gasteiger partial charge in [-0.3, -0.25) is 30.6 Å². The average molecular weight is 359 g/mol. The Kier molecular flexibility index (Phi) is 6.10. The Hall–Kier alpha value is -3.62. The maximum atomic E-state index is 12.3. The van der Waals surface area contributed by atoms with Crippen LogP contribution in [0, 0.1) is 10.1 Å². The molecule has 0 aliphatic carbocycles. The van der Waals surface area contributed by atoms with Crippen molar-refractivity contribution in [3.63, 3.8) is 0 Å². The summed E-state index contributed by atoms with van der Waals surface area (Å²) in [5.74, 6) is -1.10. The molecule has 2 amide bonds. The number of carbonyl (C=O) groups is 2. The summed E-state index contributed by atoms with van der Waals surface area (Å²) in [5.41, 5.74) is 3.95. The van der Waals surface area contributed by atoms with Gasteiger partial charge in [0.1, 0.15) is 5.56 Å². The Morgan fingerprint density at radius 2 is 1.73 bits per heavy atom. The van der Waals surface area contributed by atoms with Crippen molar-refractivity contribution in [2.75, 3.05) is 13.7 Å². The highest BCUT2D eigenvalue weighted by atomic mass is 16.6. The number of methoxy groups -OCH3 is 1. The van der Waals surface area contributed by atoms with Gasteiger partial charge in [-0.1, -0.05) is 18.2 Å². The number of nitrogens with one attached hydrogen (secondary N) is 2. The monoisotopic (exact) mass is 359 g/mol. The van der Waals surface area contributed by atoms with Crippen LogP contribution in [0.15, 0.2) is 42.5 Å². The summed E-state index contributed by atoms with van der Waals surface area (Å²) in [7, 11) is 1.33. The summed E-state index contributed by atoms with van der Waals surface area (Å²) in [6, 6.07) is 10.5. The molecule has 0 bridgehead atoms. The molecule has 0 unspecified atom stereocenters. The van der Waals surface area contributed by atoms with Crippen LogP contribution in [0.5, 0.6) is 11.5 Å². The Morgan fingerprint density at radius 1 is 1.08 bits per heavy atom. The van der Waals surface area contributed by atoms with E-state index in [1.165, 1.54) is 13.2 Å². The molecule has 0 atom stereocenters. The number of hydrogen-bond donors (Lipinski definition) is 2. The first-order valence-corrected chi connectivity index (χ1v) is 7.62. The van der Waals surface area contributed by atoms with E-state index in [1.807, 2.05) is 0 Å². The highest BCUT2D eigenvalue weighted by Gasteiger charge is 2.25. The number of hydrogen-bond acceptors (Lipinski definition) is 6. The minimum Gasteiger partial charge on any atom is -0.493 e. The molecule has 9 heteroatoms. The van der Waals surface area contributed by atoms with Gasteiger partial charge in [0, 0.05) is 11.6 Å². The number of benzene rings is 2. The van der Waals surface area contributed by atoms with E-state index >= 15 is 0 Å². The van der Waals surface area contributed by atoms with Crippen LogP contribution in [-0.4, -0.2) is 30.5 Å². The van der Waals surface area contributed by atoms with Crippen molar-refractivity contribution in [2.24, 2.45) is 0 Å². The lowest BCUT2D eigenvalue weighted by molar-refractivity contribution is -0.385. The van der Waals surface area contributed by atoms with Crippen molar-refractivity contribution in [3.05, 3.63) is 63.7 Å². The smallest absolute Gasteiger partial charge is 0.286 e. The molecule has 0 aliphatic heterocycles. The molecule has 0 aromatic heterocycles. The normalized spacial score (nSPS) is 9.92. The van der Waals surface area contributed by atoms with Crippen molar-refractivity contribution < 1.29 is 24.0 Å². The molecule has 0 fully saturated rings. The van der Waals surface area contributed by atoms with Crippen LogP contribution in [0.2, 0.25) is 0 Å². The third-order valence-electron chi connectivity index (χ3n) is 3.35. The van der Waals surface area contributed by atoms with Gasteiger partial charge in [0.15, 0.2) is 11.5 Å². The fraction of sp³-hybridized carbons (Fsp3) is 0.176. The van der Waals surface area contributed by atoms with Crippen LogP contribution in [0.1, 0.15) is 27.6 Å². The molecule has 9 nitrogen and oxygen atoms in total. The van der Waals surface area contributed by atoms with Gasteiger partial charge in [-0.05, 0) is 19.1 Å². The largest absolute Gasteiger partial charge is 0.493 e. The Bertz CT molecular complexity index is 823.